The Morgan fingerprint density at radius 1 is 1.25 bits per heavy atom. The molecular weight excluding hydrogens is 308 g/mol. The van der Waals surface area contributed by atoms with Crippen molar-refractivity contribution < 1.29 is 14.4 Å². The van der Waals surface area contributed by atoms with E-state index in [0.717, 1.165) is 5.71 Å². The number of hydrogen-bond acceptors (Lipinski definition) is 5. The van der Waals surface area contributed by atoms with Crippen molar-refractivity contribution in [1.29, 1.82) is 0 Å². The zero-order valence-corrected chi connectivity index (χ0v) is 14.5. The van der Waals surface area contributed by atoms with Gasteiger partial charge in [0.05, 0.1) is 23.6 Å². The van der Waals surface area contributed by atoms with Crippen LogP contribution in [-0.4, -0.2) is 49.2 Å². The fraction of sp³-hybridized carbons (Fsp3) is 0.471. The molecule has 2 N–H and O–H groups in total. The first-order valence-electron chi connectivity index (χ1n) is 7.94. The smallest absolute Gasteiger partial charge is 0.268 e. The SMILES string of the molecule is CC(C)C1=NOC(C(=O)Nc2ccccc2NC(=O)CN(C)C)C1. The van der Waals surface area contributed by atoms with Gasteiger partial charge in [-0.2, -0.15) is 0 Å². The van der Waals surface area contributed by atoms with Gasteiger partial charge in [-0.05, 0) is 32.1 Å². The molecule has 1 aliphatic rings. The van der Waals surface area contributed by atoms with Crippen LogP contribution >= 0.6 is 0 Å². The van der Waals surface area contributed by atoms with Crippen LogP contribution in [0.25, 0.3) is 0 Å². The average molecular weight is 332 g/mol. The first-order valence-corrected chi connectivity index (χ1v) is 7.94. The largest absolute Gasteiger partial charge is 0.382 e. The second kappa shape index (κ2) is 7.92. The number of nitrogens with zero attached hydrogens (tertiary/aromatic N) is 2. The lowest BCUT2D eigenvalue weighted by Crippen LogP contribution is -2.30. The minimum absolute atomic E-state index is 0.149. The third-order valence-corrected chi connectivity index (χ3v) is 3.57. The van der Waals surface area contributed by atoms with Crippen molar-refractivity contribution in [2.24, 2.45) is 11.1 Å². The first-order chi connectivity index (χ1) is 11.4. The first kappa shape index (κ1) is 17.9. The van der Waals surface area contributed by atoms with E-state index in [2.05, 4.69) is 15.8 Å². The van der Waals surface area contributed by atoms with Gasteiger partial charge in [0, 0.05) is 6.42 Å². The van der Waals surface area contributed by atoms with E-state index in [0.29, 0.717) is 17.8 Å². The molecular formula is C17H24N4O3. The molecule has 1 heterocycles. The third-order valence-electron chi connectivity index (χ3n) is 3.57. The number of nitrogens with one attached hydrogen (secondary N) is 2. The van der Waals surface area contributed by atoms with Gasteiger partial charge in [0.1, 0.15) is 0 Å². The van der Waals surface area contributed by atoms with Crippen molar-refractivity contribution in [3.8, 4) is 0 Å². The third kappa shape index (κ3) is 4.79. The van der Waals surface area contributed by atoms with Gasteiger partial charge in [-0.25, -0.2) is 0 Å². The van der Waals surface area contributed by atoms with Gasteiger partial charge in [-0.3, -0.25) is 9.59 Å². The van der Waals surface area contributed by atoms with E-state index in [1.165, 1.54) is 0 Å². The van der Waals surface area contributed by atoms with Crippen LogP contribution in [0.5, 0.6) is 0 Å². The molecule has 1 aromatic carbocycles. The molecule has 130 valence electrons. The number of likely N-dealkylation sites (N-methyl/N-ethyl adjacent to an activating group) is 1. The number of amides is 2. The number of rotatable bonds is 6. The zero-order valence-electron chi connectivity index (χ0n) is 14.5. The average Bonchev–Trinajstić information content (AvgIpc) is 2.98. The Bertz CT molecular complexity index is 640. The van der Waals surface area contributed by atoms with Crippen LogP contribution in [0.3, 0.4) is 0 Å². The van der Waals surface area contributed by atoms with Crippen molar-refractivity contribution in [3.63, 3.8) is 0 Å². The summed E-state index contributed by atoms with van der Waals surface area (Å²) in [5.74, 6) is -0.173. The lowest BCUT2D eigenvalue weighted by molar-refractivity contribution is -0.125. The number of hydrogen-bond donors (Lipinski definition) is 2. The summed E-state index contributed by atoms with van der Waals surface area (Å²) in [6, 6.07) is 7.08. The molecule has 1 atom stereocenters. The van der Waals surface area contributed by atoms with Crippen LogP contribution in [0.4, 0.5) is 11.4 Å². The molecule has 0 spiro atoms. The van der Waals surface area contributed by atoms with Crippen LogP contribution in [0, 0.1) is 5.92 Å². The maximum Gasteiger partial charge on any atom is 0.268 e. The van der Waals surface area contributed by atoms with Gasteiger partial charge in [0.25, 0.3) is 5.91 Å². The highest BCUT2D eigenvalue weighted by atomic mass is 16.6. The summed E-state index contributed by atoms with van der Waals surface area (Å²) in [5, 5.41) is 9.57. The molecule has 0 radical (unpaired) electrons. The summed E-state index contributed by atoms with van der Waals surface area (Å²) in [5.41, 5.74) is 1.97. The second-order valence-corrected chi connectivity index (χ2v) is 6.36. The van der Waals surface area contributed by atoms with E-state index in [1.807, 2.05) is 27.9 Å². The van der Waals surface area contributed by atoms with Crippen LogP contribution in [0.1, 0.15) is 20.3 Å². The highest BCUT2D eigenvalue weighted by molar-refractivity contribution is 6.03. The van der Waals surface area contributed by atoms with E-state index in [1.54, 1.807) is 29.2 Å². The highest BCUT2D eigenvalue weighted by Gasteiger charge is 2.29. The molecule has 0 aromatic heterocycles. The van der Waals surface area contributed by atoms with Crippen molar-refractivity contribution in [2.75, 3.05) is 31.3 Å². The van der Waals surface area contributed by atoms with E-state index < -0.39 is 6.10 Å². The van der Waals surface area contributed by atoms with Crippen molar-refractivity contribution in [3.05, 3.63) is 24.3 Å². The molecule has 7 heteroatoms. The number of oxime groups is 1. The van der Waals surface area contributed by atoms with Crippen LogP contribution < -0.4 is 10.6 Å². The normalized spacial score (nSPS) is 16.8. The number of carbonyl (C=O) groups excluding carboxylic acids is 2. The summed E-state index contributed by atoms with van der Waals surface area (Å²) in [7, 11) is 3.63. The summed E-state index contributed by atoms with van der Waals surface area (Å²) in [4.78, 5) is 31.3. The Morgan fingerprint density at radius 2 is 1.88 bits per heavy atom. The van der Waals surface area contributed by atoms with Gasteiger partial charge >= 0.3 is 0 Å². The molecule has 0 saturated heterocycles. The second-order valence-electron chi connectivity index (χ2n) is 6.36. The van der Waals surface area contributed by atoms with E-state index in [9.17, 15) is 9.59 Å². The maximum absolute atomic E-state index is 12.4. The Hall–Kier alpha value is -2.41. The lowest BCUT2D eigenvalue weighted by atomic mass is 10.0. The van der Waals surface area contributed by atoms with Crippen molar-refractivity contribution in [2.45, 2.75) is 26.4 Å². The summed E-state index contributed by atoms with van der Waals surface area (Å²) >= 11 is 0. The monoisotopic (exact) mass is 332 g/mol. The fourth-order valence-corrected chi connectivity index (χ4v) is 2.27. The Kier molecular flexibility index (Phi) is 5.92. The standard InChI is InChI=1S/C17H24N4O3/c1-11(2)14-9-15(24-20-14)17(23)19-13-8-6-5-7-12(13)18-16(22)10-21(3)4/h5-8,11,15H,9-10H2,1-4H3,(H,18,22)(H,19,23). The molecule has 2 rings (SSSR count). The van der Waals surface area contributed by atoms with Gasteiger partial charge in [-0.15, -0.1) is 0 Å². The quantitative estimate of drug-likeness (QED) is 0.834. The predicted octanol–water partition coefficient (Wildman–Crippen LogP) is 1.93. The molecule has 2 amide bonds. The predicted molar refractivity (Wildman–Crippen MR) is 94.0 cm³/mol. The number of para-hydroxylation sites is 2. The van der Waals surface area contributed by atoms with Crippen molar-refractivity contribution in [1.82, 2.24) is 4.90 Å². The van der Waals surface area contributed by atoms with Crippen molar-refractivity contribution >= 4 is 28.9 Å². The summed E-state index contributed by atoms with van der Waals surface area (Å²) in [6.45, 7) is 4.29. The number of anilines is 2. The molecule has 0 fully saturated rings. The van der Waals surface area contributed by atoms with Gasteiger partial charge in [-0.1, -0.05) is 31.1 Å². The van der Waals surface area contributed by atoms with Gasteiger partial charge in [0.2, 0.25) is 12.0 Å². The summed E-state index contributed by atoms with van der Waals surface area (Å²) < 4.78 is 0. The Morgan fingerprint density at radius 3 is 2.42 bits per heavy atom. The molecule has 7 nitrogen and oxygen atoms in total. The molecule has 24 heavy (non-hydrogen) atoms. The zero-order chi connectivity index (χ0) is 17.7. The van der Waals surface area contributed by atoms with Crippen LogP contribution in [-0.2, 0) is 14.4 Å². The number of carbonyl (C=O) groups is 2. The minimum Gasteiger partial charge on any atom is -0.382 e. The van der Waals surface area contributed by atoms with E-state index in [-0.39, 0.29) is 24.3 Å². The topological polar surface area (TPSA) is 83.0 Å². The molecule has 1 aromatic rings. The summed E-state index contributed by atoms with van der Waals surface area (Å²) in [6.07, 6.45) is -0.147. The molecule has 0 bridgehead atoms. The molecule has 1 aliphatic heterocycles. The number of benzene rings is 1. The Balaban J connectivity index is 2.00. The fourth-order valence-electron chi connectivity index (χ4n) is 2.27. The van der Waals surface area contributed by atoms with E-state index >= 15 is 0 Å². The molecule has 0 aliphatic carbocycles. The van der Waals surface area contributed by atoms with Gasteiger partial charge in [0.15, 0.2) is 0 Å². The maximum atomic E-state index is 12.4. The van der Waals surface area contributed by atoms with Crippen LogP contribution in [0.15, 0.2) is 29.4 Å². The molecule has 1 unspecified atom stereocenters. The van der Waals surface area contributed by atoms with Crippen LogP contribution in [0.2, 0.25) is 0 Å². The van der Waals surface area contributed by atoms with Gasteiger partial charge < -0.3 is 20.4 Å². The molecule has 0 saturated carbocycles. The Labute approximate surface area is 142 Å². The minimum atomic E-state index is -0.632. The lowest BCUT2D eigenvalue weighted by Gasteiger charge is -2.15. The van der Waals surface area contributed by atoms with E-state index in [4.69, 9.17) is 4.84 Å². The highest BCUT2D eigenvalue weighted by Crippen LogP contribution is 2.23.